The molecule has 2 atom stereocenters. The molecule has 0 saturated carbocycles. The van der Waals surface area contributed by atoms with Gasteiger partial charge in [-0.25, -0.2) is 0 Å². The van der Waals surface area contributed by atoms with Gasteiger partial charge in [0.2, 0.25) is 0 Å². The molecule has 3 N–H and O–H groups in total. The minimum atomic E-state index is -0.341. The molecule has 0 amide bonds. The van der Waals surface area contributed by atoms with Gasteiger partial charge in [-0.05, 0) is 0 Å². The third kappa shape index (κ3) is 2.13. The first-order chi connectivity index (χ1) is 5.27. The fraction of sp³-hybridized carbons (Fsp3) is 1.00. The number of β-amino-alcohol motifs (C(OH)–C–C–N with tert-alkyl or cyclic N) is 1. The second-order valence-corrected chi connectivity index (χ2v) is 2.89. The Bertz CT molecular complexity index is 121. The molecule has 4 nitrogen and oxygen atoms in total. The predicted molar refractivity (Wildman–Crippen MR) is 42.3 cm³/mol. The molecule has 0 unspecified atom stereocenters. The monoisotopic (exact) mass is 160 g/mol. The van der Waals surface area contributed by atoms with Crippen molar-refractivity contribution < 1.29 is 9.84 Å². The number of likely N-dealkylation sites (tertiary alicyclic amines) is 1. The molecule has 11 heavy (non-hydrogen) atoms. The Labute approximate surface area is 66.9 Å². The lowest BCUT2D eigenvalue weighted by atomic mass is 10.3. The van der Waals surface area contributed by atoms with Gasteiger partial charge in [0.15, 0.2) is 0 Å². The van der Waals surface area contributed by atoms with Crippen molar-refractivity contribution in [2.75, 3.05) is 33.3 Å². The largest absolute Gasteiger partial charge is 0.389 e. The number of ether oxygens (including phenoxy) is 1. The molecule has 1 saturated heterocycles. The highest BCUT2D eigenvalue weighted by molar-refractivity contribution is 4.84. The van der Waals surface area contributed by atoms with Crippen LogP contribution in [0.2, 0.25) is 0 Å². The van der Waals surface area contributed by atoms with Crippen LogP contribution in [-0.2, 0) is 4.74 Å². The van der Waals surface area contributed by atoms with Crippen molar-refractivity contribution in [3.05, 3.63) is 0 Å². The molecule has 0 bridgehead atoms. The molecular weight excluding hydrogens is 144 g/mol. The molecule has 1 heterocycles. The van der Waals surface area contributed by atoms with Crippen LogP contribution < -0.4 is 5.73 Å². The normalized spacial score (nSPS) is 33.0. The van der Waals surface area contributed by atoms with E-state index in [9.17, 15) is 5.11 Å². The summed E-state index contributed by atoms with van der Waals surface area (Å²) in [7, 11) is 1.62. The minimum Gasteiger partial charge on any atom is -0.389 e. The quantitative estimate of drug-likeness (QED) is 0.535. The van der Waals surface area contributed by atoms with E-state index in [0.717, 1.165) is 13.1 Å². The number of nitrogens with zero attached hydrogens (tertiary/aromatic N) is 1. The van der Waals surface area contributed by atoms with Crippen molar-refractivity contribution in [1.29, 1.82) is 0 Å². The summed E-state index contributed by atoms with van der Waals surface area (Å²) < 4.78 is 5.07. The minimum absolute atomic E-state index is 0.0263. The predicted octanol–water partition coefficient (Wildman–Crippen LogP) is -1.36. The summed E-state index contributed by atoms with van der Waals surface area (Å²) in [6.07, 6.45) is -0.368. The zero-order valence-corrected chi connectivity index (χ0v) is 6.86. The lowest BCUT2D eigenvalue weighted by Gasteiger charge is -2.12. The number of nitrogens with two attached hydrogens (primary N) is 1. The lowest BCUT2D eigenvalue weighted by Crippen LogP contribution is -2.28. The van der Waals surface area contributed by atoms with E-state index >= 15 is 0 Å². The smallest absolute Gasteiger partial charge is 0.0969 e. The van der Waals surface area contributed by atoms with E-state index in [1.54, 1.807) is 7.11 Å². The van der Waals surface area contributed by atoms with E-state index in [1.807, 2.05) is 0 Å². The lowest BCUT2D eigenvalue weighted by molar-refractivity contribution is 0.0215. The second kappa shape index (κ2) is 4.01. The number of aliphatic hydroxyl groups excluding tert-OH is 1. The van der Waals surface area contributed by atoms with E-state index in [4.69, 9.17) is 10.5 Å². The molecule has 4 heteroatoms. The maximum atomic E-state index is 9.38. The van der Waals surface area contributed by atoms with Gasteiger partial charge >= 0.3 is 0 Å². The Morgan fingerprint density at radius 1 is 1.64 bits per heavy atom. The Morgan fingerprint density at radius 3 is 2.82 bits per heavy atom. The number of methoxy groups -OCH3 is 1. The molecule has 0 aliphatic carbocycles. The van der Waals surface area contributed by atoms with Gasteiger partial charge in [-0.15, -0.1) is 0 Å². The molecule has 1 aliphatic heterocycles. The van der Waals surface area contributed by atoms with E-state index in [1.165, 1.54) is 0 Å². The topological polar surface area (TPSA) is 58.7 Å². The molecule has 1 rings (SSSR count). The van der Waals surface area contributed by atoms with Gasteiger partial charge in [0, 0.05) is 33.3 Å². The summed E-state index contributed by atoms with van der Waals surface area (Å²) in [6.45, 7) is 2.98. The summed E-state index contributed by atoms with van der Waals surface area (Å²) in [5.41, 5.74) is 5.38. The van der Waals surface area contributed by atoms with Crippen molar-refractivity contribution >= 4 is 0 Å². The zero-order chi connectivity index (χ0) is 8.27. The Kier molecular flexibility index (Phi) is 3.26. The van der Waals surface area contributed by atoms with Crippen LogP contribution in [-0.4, -0.2) is 55.5 Å². The van der Waals surface area contributed by atoms with Gasteiger partial charge in [0.25, 0.3) is 0 Å². The van der Waals surface area contributed by atoms with Crippen molar-refractivity contribution in [3.63, 3.8) is 0 Å². The molecular formula is C7H16N2O2. The summed E-state index contributed by atoms with van der Waals surface area (Å²) in [6, 6.07) is 0. The first-order valence-corrected chi connectivity index (χ1v) is 3.91. The number of rotatable bonds is 3. The van der Waals surface area contributed by atoms with Gasteiger partial charge < -0.3 is 15.6 Å². The van der Waals surface area contributed by atoms with Crippen LogP contribution in [0.25, 0.3) is 0 Å². The molecule has 0 spiro atoms. The van der Waals surface area contributed by atoms with Gasteiger partial charge in [-0.2, -0.15) is 0 Å². The van der Waals surface area contributed by atoms with E-state index in [-0.39, 0.29) is 12.2 Å². The van der Waals surface area contributed by atoms with Gasteiger partial charge in [-0.3, -0.25) is 4.90 Å². The Balaban J connectivity index is 2.30. The fourth-order valence-corrected chi connectivity index (χ4v) is 1.43. The molecule has 0 aromatic carbocycles. The summed E-state index contributed by atoms with van der Waals surface area (Å²) in [4.78, 5) is 2.11. The van der Waals surface area contributed by atoms with Crippen LogP contribution in [0, 0.1) is 0 Å². The van der Waals surface area contributed by atoms with Gasteiger partial charge in [-0.1, -0.05) is 0 Å². The highest BCUT2D eigenvalue weighted by Gasteiger charge is 2.30. The molecule has 66 valence electrons. The van der Waals surface area contributed by atoms with Crippen LogP contribution >= 0.6 is 0 Å². The third-order valence-corrected chi connectivity index (χ3v) is 2.06. The van der Waals surface area contributed by atoms with Crippen LogP contribution in [0.1, 0.15) is 0 Å². The van der Waals surface area contributed by atoms with Crippen molar-refractivity contribution in [1.82, 2.24) is 4.90 Å². The summed E-state index contributed by atoms with van der Waals surface area (Å²) >= 11 is 0. The molecule has 0 aromatic heterocycles. The SMILES string of the molecule is CO[C@@H]1CN(CCN)C[C@@H]1O. The van der Waals surface area contributed by atoms with Gasteiger partial charge in [0.1, 0.15) is 0 Å². The number of aliphatic hydroxyl groups is 1. The van der Waals surface area contributed by atoms with E-state index in [2.05, 4.69) is 4.90 Å². The number of hydrogen-bond donors (Lipinski definition) is 2. The highest BCUT2D eigenvalue weighted by atomic mass is 16.5. The van der Waals surface area contributed by atoms with E-state index < -0.39 is 0 Å². The second-order valence-electron chi connectivity index (χ2n) is 2.89. The van der Waals surface area contributed by atoms with Crippen LogP contribution in [0.4, 0.5) is 0 Å². The zero-order valence-electron chi connectivity index (χ0n) is 6.86. The maximum absolute atomic E-state index is 9.38. The van der Waals surface area contributed by atoms with Crippen molar-refractivity contribution in [3.8, 4) is 0 Å². The molecule has 1 aliphatic rings. The van der Waals surface area contributed by atoms with E-state index in [0.29, 0.717) is 13.1 Å². The van der Waals surface area contributed by atoms with Gasteiger partial charge in [0.05, 0.1) is 12.2 Å². The van der Waals surface area contributed by atoms with Crippen LogP contribution in [0.3, 0.4) is 0 Å². The molecule has 0 aromatic rings. The molecule has 1 fully saturated rings. The van der Waals surface area contributed by atoms with Crippen LogP contribution in [0.15, 0.2) is 0 Å². The van der Waals surface area contributed by atoms with Crippen molar-refractivity contribution in [2.45, 2.75) is 12.2 Å². The maximum Gasteiger partial charge on any atom is 0.0969 e. The fourth-order valence-electron chi connectivity index (χ4n) is 1.43. The van der Waals surface area contributed by atoms with Crippen LogP contribution in [0.5, 0.6) is 0 Å². The summed E-state index contributed by atoms with van der Waals surface area (Å²) in [5.74, 6) is 0. The first-order valence-electron chi connectivity index (χ1n) is 3.91. The highest BCUT2D eigenvalue weighted by Crippen LogP contribution is 2.11. The average molecular weight is 160 g/mol. The van der Waals surface area contributed by atoms with Crippen molar-refractivity contribution in [2.24, 2.45) is 5.73 Å². The third-order valence-electron chi connectivity index (χ3n) is 2.06. The number of hydrogen-bond acceptors (Lipinski definition) is 4. The first kappa shape index (κ1) is 8.93. The Hall–Kier alpha value is -0.160. The standard InChI is InChI=1S/C7H16N2O2/c1-11-7-5-9(3-2-8)4-6(7)10/h6-7,10H,2-5,8H2,1H3/t6-,7+/m0/s1. The average Bonchev–Trinajstić information content (AvgIpc) is 2.32. The molecule has 0 radical (unpaired) electrons. The summed E-state index contributed by atoms with van der Waals surface area (Å²) in [5, 5.41) is 9.38. The Morgan fingerprint density at radius 2 is 2.36 bits per heavy atom.